The maximum absolute atomic E-state index is 10.9. The molecule has 0 fully saturated rings. The summed E-state index contributed by atoms with van der Waals surface area (Å²) in [5.41, 5.74) is 0.777. The van der Waals surface area contributed by atoms with Gasteiger partial charge in [-0.3, -0.25) is 0 Å². The monoisotopic (exact) mass is 355 g/mol. The molecule has 0 saturated carbocycles. The Bertz CT molecular complexity index is 599. The van der Waals surface area contributed by atoms with Gasteiger partial charge >= 0.3 is 5.97 Å². The highest BCUT2D eigenvalue weighted by Gasteiger charge is 2.08. The average Bonchev–Trinajstić information content (AvgIpc) is 2.28. The number of carbonyl (C=O) groups is 1. The summed E-state index contributed by atoms with van der Waals surface area (Å²) in [7, 11) is 0. The smallest absolute Gasteiger partial charge is 0.335 e. The number of halogens is 1. The molecule has 0 unspecified atom stereocenters. The molecule has 0 spiro atoms. The van der Waals surface area contributed by atoms with Gasteiger partial charge in [0.05, 0.1) is 5.56 Å². The van der Waals surface area contributed by atoms with Crippen LogP contribution in [0.15, 0.2) is 36.4 Å². The Kier molecular flexibility index (Phi) is 3.81. The molecule has 0 bridgehead atoms. The Hall–Kier alpha value is -1.63. The third kappa shape index (κ3) is 3.19. The van der Waals surface area contributed by atoms with Crippen molar-refractivity contribution >= 4 is 28.6 Å². The lowest BCUT2D eigenvalue weighted by Crippen LogP contribution is -2.00. The van der Waals surface area contributed by atoms with Crippen LogP contribution in [-0.2, 0) is 0 Å². The second-order valence-electron chi connectivity index (χ2n) is 3.70. The topological polar surface area (TPSA) is 59.4 Å². The number of carboxylic acids is 1. The normalized spacial score (nSPS) is 10.1. The van der Waals surface area contributed by atoms with Crippen LogP contribution in [0.2, 0.25) is 0 Å². The Morgan fingerprint density at radius 3 is 2.78 bits per heavy atom. The van der Waals surface area contributed by atoms with E-state index in [4.69, 9.17) is 9.84 Å². The van der Waals surface area contributed by atoms with Crippen molar-refractivity contribution in [3.63, 3.8) is 0 Å². The standard InChI is InChI=1S/C13H10INO3/c1-8-5-9(13(16)17)6-12(15-8)18-11-4-2-3-10(14)7-11/h2-7H,1H3,(H,16,17). The first kappa shape index (κ1) is 12.8. The molecule has 0 saturated heterocycles. The molecule has 4 nitrogen and oxygen atoms in total. The Labute approximate surface area is 118 Å². The molecule has 92 valence electrons. The van der Waals surface area contributed by atoms with Gasteiger partial charge in [-0.05, 0) is 53.8 Å². The number of hydrogen-bond donors (Lipinski definition) is 1. The van der Waals surface area contributed by atoms with Crippen molar-refractivity contribution in [2.75, 3.05) is 0 Å². The number of nitrogens with zero attached hydrogens (tertiary/aromatic N) is 1. The van der Waals surface area contributed by atoms with Crippen molar-refractivity contribution in [2.24, 2.45) is 0 Å². The van der Waals surface area contributed by atoms with Crippen LogP contribution in [-0.4, -0.2) is 16.1 Å². The number of carboxylic acid groups (broad SMARTS) is 1. The zero-order chi connectivity index (χ0) is 13.1. The van der Waals surface area contributed by atoms with E-state index in [1.165, 1.54) is 12.1 Å². The van der Waals surface area contributed by atoms with Crippen LogP contribution in [0, 0.1) is 10.5 Å². The lowest BCUT2D eigenvalue weighted by Gasteiger charge is -2.07. The van der Waals surface area contributed by atoms with Crippen LogP contribution < -0.4 is 4.74 Å². The summed E-state index contributed by atoms with van der Waals surface area (Å²) < 4.78 is 6.59. The summed E-state index contributed by atoms with van der Waals surface area (Å²) in [5, 5.41) is 8.96. The van der Waals surface area contributed by atoms with E-state index in [0.29, 0.717) is 11.4 Å². The number of pyridine rings is 1. The van der Waals surface area contributed by atoms with E-state index in [1.807, 2.05) is 18.2 Å². The van der Waals surface area contributed by atoms with E-state index in [0.717, 1.165) is 3.57 Å². The maximum atomic E-state index is 10.9. The number of aromatic nitrogens is 1. The molecule has 0 aliphatic heterocycles. The number of benzene rings is 1. The van der Waals surface area contributed by atoms with Gasteiger partial charge in [-0.15, -0.1) is 0 Å². The third-order valence-electron chi connectivity index (χ3n) is 2.20. The molecule has 1 heterocycles. The Balaban J connectivity index is 2.31. The van der Waals surface area contributed by atoms with Crippen LogP contribution in [0.5, 0.6) is 11.6 Å². The van der Waals surface area contributed by atoms with Gasteiger partial charge in [0, 0.05) is 15.3 Å². The lowest BCUT2D eigenvalue weighted by molar-refractivity contribution is 0.0696. The summed E-state index contributed by atoms with van der Waals surface area (Å²) in [6.45, 7) is 1.73. The average molecular weight is 355 g/mol. The highest BCUT2D eigenvalue weighted by Crippen LogP contribution is 2.22. The molecule has 2 aromatic rings. The van der Waals surface area contributed by atoms with Crippen LogP contribution >= 0.6 is 22.6 Å². The molecule has 1 aromatic heterocycles. The number of hydrogen-bond acceptors (Lipinski definition) is 3. The van der Waals surface area contributed by atoms with Gasteiger partial charge in [0.25, 0.3) is 0 Å². The fourth-order valence-electron chi connectivity index (χ4n) is 1.47. The van der Waals surface area contributed by atoms with Crippen molar-refractivity contribution in [2.45, 2.75) is 6.92 Å². The number of aryl methyl sites for hydroxylation is 1. The first-order chi connectivity index (χ1) is 8.54. The van der Waals surface area contributed by atoms with E-state index in [1.54, 1.807) is 13.0 Å². The molecule has 0 radical (unpaired) electrons. The second kappa shape index (κ2) is 5.34. The molecular formula is C13H10INO3. The molecule has 0 atom stereocenters. The first-order valence-electron chi connectivity index (χ1n) is 5.20. The van der Waals surface area contributed by atoms with Crippen LogP contribution in [0.1, 0.15) is 16.1 Å². The van der Waals surface area contributed by atoms with Crippen molar-refractivity contribution < 1.29 is 14.6 Å². The fraction of sp³-hybridized carbons (Fsp3) is 0.0769. The second-order valence-corrected chi connectivity index (χ2v) is 4.95. The number of aromatic carboxylic acids is 1. The quantitative estimate of drug-likeness (QED) is 0.857. The van der Waals surface area contributed by atoms with E-state index in [2.05, 4.69) is 27.6 Å². The fourth-order valence-corrected chi connectivity index (χ4v) is 1.98. The summed E-state index contributed by atoms with van der Waals surface area (Å²) in [5.74, 6) is -0.0706. The van der Waals surface area contributed by atoms with Gasteiger partial charge in [0.2, 0.25) is 5.88 Å². The zero-order valence-corrected chi connectivity index (χ0v) is 11.7. The Morgan fingerprint density at radius 2 is 2.11 bits per heavy atom. The molecule has 0 aliphatic rings. The van der Waals surface area contributed by atoms with Crippen molar-refractivity contribution in [1.82, 2.24) is 4.98 Å². The lowest BCUT2D eigenvalue weighted by atomic mass is 10.2. The predicted molar refractivity (Wildman–Crippen MR) is 75.2 cm³/mol. The minimum atomic E-state index is -0.993. The summed E-state index contributed by atoms with van der Waals surface area (Å²) in [6, 6.07) is 10.4. The molecule has 5 heteroatoms. The summed E-state index contributed by atoms with van der Waals surface area (Å²) >= 11 is 2.18. The van der Waals surface area contributed by atoms with Gasteiger partial charge in [0.15, 0.2) is 0 Å². The largest absolute Gasteiger partial charge is 0.478 e. The van der Waals surface area contributed by atoms with Gasteiger partial charge in [0.1, 0.15) is 5.75 Å². The van der Waals surface area contributed by atoms with Crippen molar-refractivity contribution in [1.29, 1.82) is 0 Å². The molecule has 2 rings (SSSR count). The van der Waals surface area contributed by atoms with Gasteiger partial charge in [-0.2, -0.15) is 0 Å². The highest BCUT2D eigenvalue weighted by atomic mass is 127. The molecule has 1 N–H and O–H groups in total. The zero-order valence-electron chi connectivity index (χ0n) is 9.55. The van der Waals surface area contributed by atoms with Gasteiger partial charge < -0.3 is 9.84 Å². The minimum Gasteiger partial charge on any atom is -0.478 e. The van der Waals surface area contributed by atoms with Crippen LogP contribution in [0.4, 0.5) is 0 Å². The van der Waals surface area contributed by atoms with Crippen LogP contribution in [0.3, 0.4) is 0 Å². The molecule has 0 amide bonds. The third-order valence-corrected chi connectivity index (χ3v) is 2.87. The molecule has 0 aliphatic carbocycles. The highest BCUT2D eigenvalue weighted by molar-refractivity contribution is 14.1. The van der Waals surface area contributed by atoms with Crippen molar-refractivity contribution in [3.05, 3.63) is 51.2 Å². The molecular weight excluding hydrogens is 345 g/mol. The summed E-state index contributed by atoms with van der Waals surface area (Å²) in [4.78, 5) is 15.1. The Morgan fingerprint density at radius 1 is 1.33 bits per heavy atom. The molecule has 1 aromatic carbocycles. The molecule has 18 heavy (non-hydrogen) atoms. The van der Waals surface area contributed by atoms with Crippen molar-refractivity contribution in [3.8, 4) is 11.6 Å². The van der Waals surface area contributed by atoms with E-state index in [-0.39, 0.29) is 11.4 Å². The predicted octanol–water partition coefficient (Wildman–Crippen LogP) is 3.49. The minimum absolute atomic E-state index is 0.170. The number of ether oxygens (including phenoxy) is 1. The maximum Gasteiger partial charge on any atom is 0.335 e. The van der Waals surface area contributed by atoms with Gasteiger partial charge in [-0.1, -0.05) is 6.07 Å². The van der Waals surface area contributed by atoms with E-state index < -0.39 is 5.97 Å². The summed E-state index contributed by atoms with van der Waals surface area (Å²) in [6.07, 6.45) is 0. The van der Waals surface area contributed by atoms with E-state index >= 15 is 0 Å². The van der Waals surface area contributed by atoms with Crippen LogP contribution in [0.25, 0.3) is 0 Å². The number of rotatable bonds is 3. The first-order valence-corrected chi connectivity index (χ1v) is 6.28. The SMILES string of the molecule is Cc1cc(C(=O)O)cc(Oc2cccc(I)c2)n1. The van der Waals surface area contributed by atoms with E-state index in [9.17, 15) is 4.79 Å². The van der Waals surface area contributed by atoms with Gasteiger partial charge in [-0.25, -0.2) is 9.78 Å².